The average molecular weight is 426 g/mol. The summed E-state index contributed by atoms with van der Waals surface area (Å²) in [4.78, 5) is 30.2. The third-order valence-corrected chi connectivity index (χ3v) is 5.17. The van der Waals surface area contributed by atoms with Gasteiger partial charge in [-0.15, -0.1) is 0 Å². The van der Waals surface area contributed by atoms with E-state index < -0.39 is 11.7 Å². The minimum atomic E-state index is -0.691. The molecule has 0 heterocycles. The summed E-state index contributed by atoms with van der Waals surface area (Å²) < 4.78 is 5.54. The van der Waals surface area contributed by atoms with Crippen LogP contribution in [0.1, 0.15) is 105 Å². The summed E-state index contributed by atoms with van der Waals surface area (Å²) in [6.45, 7) is 9.24. The summed E-state index contributed by atoms with van der Waals surface area (Å²) >= 11 is 0. The van der Waals surface area contributed by atoms with E-state index in [-0.39, 0.29) is 18.2 Å². The fourth-order valence-corrected chi connectivity index (χ4v) is 3.35. The Bertz CT molecular complexity index is 588. The average Bonchev–Trinajstić information content (AvgIpc) is 2.72. The lowest BCUT2D eigenvalue weighted by Gasteiger charge is -2.30. The molecular formula is C22H39N3O5. The number of carbonyl (C=O) groups is 1. The van der Waals surface area contributed by atoms with Gasteiger partial charge in [-0.2, -0.15) is 0 Å². The zero-order valence-corrected chi connectivity index (χ0v) is 19.3. The summed E-state index contributed by atoms with van der Waals surface area (Å²) in [7, 11) is 0. The summed E-state index contributed by atoms with van der Waals surface area (Å²) in [5.74, 6) is 0. The first-order chi connectivity index (χ1) is 14.3. The minimum Gasteiger partial charge on any atom is -0.442 e. The molecule has 0 bridgehead atoms. The monoisotopic (exact) mass is 425 g/mol. The van der Waals surface area contributed by atoms with Crippen molar-refractivity contribution < 1.29 is 24.0 Å². The molecular weight excluding hydrogens is 386 g/mol. The number of hydrogen-bond acceptors (Lipinski definition) is 7. The number of nitrogens with zero attached hydrogens (tertiary/aromatic N) is 3. The Morgan fingerprint density at radius 2 is 1.50 bits per heavy atom. The highest BCUT2D eigenvalue weighted by Crippen LogP contribution is 2.24. The van der Waals surface area contributed by atoms with Gasteiger partial charge in [0.15, 0.2) is 0 Å². The molecule has 172 valence electrons. The minimum absolute atomic E-state index is 0.00349. The van der Waals surface area contributed by atoms with E-state index in [4.69, 9.17) is 19.2 Å². The number of oxime groups is 2. The molecule has 8 heteroatoms. The number of ether oxygens (including phenoxy) is 1. The third-order valence-electron chi connectivity index (χ3n) is 5.17. The van der Waals surface area contributed by atoms with E-state index in [9.17, 15) is 4.79 Å². The van der Waals surface area contributed by atoms with Gasteiger partial charge in [0, 0.05) is 0 Å². The Hall–Kier alpha value is -1.83. The van der Waals surface area contributed by atoms with Gasteiger partial charge < -0.3 is 14.4 Å². The third kappa shape index (κ3) is 8.90. The number of amides is 1. The van der Waals surface area contributed by atoms with Crippen molar-refractivity contribution in [1.82, 2.24) is 5.06 Å². The number of hydrogen-bond donors (Lipinski definition) is 0. The topological polar surface area (TPSA) is 82.0 Å². The maximum atomic E-state index is 13.0. The molecule has 0 aliphatic heterocycles. The van der Waals surface area contributed by atoms with Crippen LogP contribution in [0, 0.1) is 0 Å². The molecule has 0 aromatic rings. The first-order valence-corrected chi connectivity index (χ1v) is 11.4. The van der Waals surface area contributed by atoms with E-state index in [0.717, 1.165) is 62.1 Å². The molecule has 30 heavy (non-hydrogen) atoms. The largest absolute Gasteiger partial charge is 0.443 e. The highest BCUT2D eigenvalue weighted by Gasteiger charge is 2.33. The lowest BCUT2D eigenvalue weighted by molar-refractivity contribution is -0.160. The predicted octanol–water partition coefficient (Wildman–Crippen LogP) is 5.91. The van der Waals surface area contributed by atoms with Gasteiger partial charge in [0.25, 0.3) is 0 Å². The smallest absolute Gasteiger partial charge is 0.442 e. The Kier molecular flexibility index (Phi) is 9.88. The van der Waals surface area contributed by atoms with Crippen LogP contribution in [-0.4, -0.2) is 40.7 Å². The van der Waals surface area contributed by atoms with Crippen molar-refractivity contribution >= 4 is 17.8 Å². The van der Waals surface area contributed by atoms with Crippen molar-refractivity contribution in [3.63, 3.8) is 0 Å². The van der Waals surface area contributed by atoms with E-state index in [1.165, 1.54) is 12.8 Å². The van der Waals surface area contributed by atoms with E-state index in [0.29, 0.717) is 6.42 Å². The van der Waals surface area contributed by atoms with E-state index in [1.807, 2.05) is 13.8 Å². The standard InChI is InChI=1S/C22H39N3O5/c1-6-17(2)23-29-20(24-28-18-13-9-7-10-14-18)25(21(26)27-22(3,4)5)30-19-15-11-8-12-16-19/h18-19H,6-16H2,1-5H3. The van der Waals surface area contributed by atoms with Crippen LogP contribution in [-0.2, 0) is 19.2 Å². The zero-order valence-electron chi connectivity index (χ0n) is 19.3. The molecule has 0 atom stereocenters. The second-order valence-electron chi connectivity index (χ2n) is 9.15. The summed E-state index contributed by atoms with van der Waals surface area (Å²) in [5.41, 5.74) is 0.0746. The SMILES string of the molecule is CCC(C)=NOC(=NOC1CCCCC1)N(OC1CCCCC1)C(=O)OC(C)(C)C. The summed E-state index contributed by atoms with van der Waals surface area (Å²) in [6.07, 6.45) is 10.3. The van der Waals surface area contributed by atoms with Crippen molar-refractivity contribution in [3.05, 3.63) is 0 Å². The van der Waals surface area contributed by atoms with Crippen LogP contribution in [0.4, 0.5) is 4.79 Å². The van der Waals surface area contributed by atoms with Crippen molar-refractivity contribution in [2.45, 2.75) is 123 Å². The molecule has 2 saturated carbocycles. The number of rotatable bonds is 6. The molecule has 0 saturated heterocycles. The molecule has 2 aliphatic carbocycles. The molecule has 0 aromatic heterocycles. The highest BCUT2D eigenvalue weighted by molar-refractivity contribution is 5.90. The van der Waals surface area contributed by atoms with Crippen LogP contribution < -0.4 is 0 Å². The van der Waals surface area contributed by atoms with Gasteiger partial charge in [0.1, 0.15) is 11.7 Å². The normalized spacial score (nSPS) is 20.0. The van der Waals surface area contributed by atoms with E-state index in [2.05, 4.69) is 10.3 Å². The van der Waals surface area contributed by atoms with Gasteiger partial charge in [-0.1, -0.05) is 42.8 Å². The van der Waals surface area contributed by atoms with Gasteiger partial charge >= 0.3 is 12.1 Å². The number of carbonyl (C=O) groups excluding carboxylic acids is 1. The fourth-order valence-electron chi connectivity index (χ4n) is 3.35. The zero-order chi connectivity index (χ0) is 22.0. The van der Waals surface area contributed by atoms with Crippen LogP contribution in [0.25, 0.3) is 0 Å². The quantitative estimate of drug-likeness (QED) is 0.300. The molecule has 0 unspecified atom stereocenters. The van der Waals surface area contributed by atoms with E-state index >= 15 is 0 Å². The van der Waals surface area contributed by atoms with Gasteiger partial charge in [-0.05, 0) is 77.8 Å². The molecule has 2 fully saturated rings. The van der Waals surface area contributed by atoms with Gasteiger partial charge in [0.05, 0.1) is 11.8 Å². The first kappa shape index (κ1) is 24.4. The maximum Gasteiger partial charge on any atom is 0.443 e. The molecule has 0 aromatic carbocycles. The van der Waals surface area contributed by atoms with Crippen molar-refractivity contribution in [2.24, 2.45) is 10.3 Å². The number of hydroxylamine groups is 2. The van der Waals surface area contributed by atoms with Crippen LogP contribution in [0.2, 0.25) is 0 Å². The number of amidine groups is 1. The molecule has 8 nitrogen and oxygen atoms in total. The van der Waals surface area contributed by atoms with Crippen molar-refractivity contribution in [1.29, 1.82) is 0 Å². The van der Waals surface area contributed by atoms with Gasteiger partial charge in [-0.25, -0.2) is 4.79 Å². The molecule has 2 aliphatic rings. The molecule has 0 radical (unpaired) electrons. The Labute approximate surface area is 180 Å². The first-order valence-electron chi connectivity index (χ1n) is 11.4. The van der Waals surface area contributed by atoms with Crippen LogP contribution in [0.15, 0.2) is 10.3 Å². The lowest BCUT2D eigenvalue weighted by atomic mass is 9.98. The second-order valence-corrected chi connectivity index (χ2v) is 9.15. The molecule has 2 rings (SSSR count). The van der Waals surface area contributed by atoms with Crippen LogP contribution >= 0.6 is 0 Å². The second kappa shape index (κ2) is 12.1. The molecule has 0 N–H and O–H groups in total. The predicted molar refractivity (Wildman–Crippen MR) is 116 cm³/mol. The van der Waals surface area contributed by atoms with Crippen molar-refractivity contribution in [2.75, 3.05) is 0 Å². The Morgan fingerprint density at radius 3 is 2.03 bits per heavy atom. The summed E-state index contributed by atoms with van der Waals surface area (Å²) in [6, 6.07) is -0.145. The van der Waals surface area contributed by atoms with Crippen molar-refractivity contribution in [3.8, 4) is 0 Å². The lowest BCUT2D eigenvalue weighted by Crippen LogP contribution is -2.44. The fraction of sp³-hybridized carbons (Fsp3) is 0.864. The molecule has 0 spiro atoms. The van der Waals surface area contributed by atoms with Gasteiger partial charge in [-0.3, -0.25) is 4.84 Å². The highest BCUT2D eigenvalue weighted by atomic mass is 16.8. The van der Waals surface area contributed by atoms with Crippen LogP contribution in [0.5, 0.6) is 0 Å². The maximum absolute atomic E-state index is 13.0. The van der Waals surface area contributed by atoms with E-state index in [1.54, 1.807) is 20.8 Å². The summed E-state index contributed by atoms with van der Waals surface area (Å²) in [5, 5.41) is 9.22. The van der Waals surface area contributed by atoms with Gasteiger partial charge in [0.2, 0.25) is 0 Å². The molecule has 1 amide bonds. The Balaban J connectivity index is 2.23. The Morgan fingerprint density at radius 1 is 0.933 bits per heavy atom. The van der Waals surface area contributed by atoms with Crippen LogP contribution in [0.3, 0.4) is 0 Å².